The number of hydrogen-bond acceptors (Lipinski definition) is 4. The molecule has 1 amide bonds. The van der Waals surface area contributed by atoms with Gasteiger partial charge in [0.25, 0.3) is 5.91 Å². The third-order valence-electron chi connectivity index (χ3n) is 1.66. The van der Waals surface area contributed by atoms with Crippen LogP contribution in [0.2, 0.25) is 0 Å². The van der Waals surface area contributed by atoms with Crippen LogP contribution in [0.4, 0.5) is 0 Å². The highest BCUT2D eigenvalue weighted by atomic mass is 16.7. The Labute approximate surface area is 75.5 Å². The Bertz CT molecular complexity index is 261. The van der Waals surface area contributed by atoms with Gasteiger partial charge in [-0.2, -0.15) is 0 Å². The van der Waals surface area contributed by atoms with Gasteiger partial charge >= 0.3 is 5.97 Å². The van der Waals surface area contributed by atoms with Crippen molar-refractivity contribution in [1.29, 1.82) is 0 Å². The molecule has 0 radical (unpaired) electrons. The van der Waals surface area contributed by atoms with Gasteiger partial charge in [0.15, 0.2) is 6.23 Å². The van der Waals surface area contributed by atoms with Gasteiger partial charge in [-0.3, -0.25) is 4.79 Å². The maximum absolute atomic E-state index is 11.0. The summed E-state index contributed by atoms with van der Waals surface area (Å²) in [5.41, 5.74) is 0.187. The zero-order valence-corrected chi connectivity index (χ0v) is 7.32. The molecular weight excluding hydrogens is 174 g/mol. The molecule has 5 nitrogen and oxygen atoms in total. The van der Waals surface area contributed by atoms with Gasteiger partial charge in [0.05, 0.1) is 0 Å². The predicted octanol–water partition coefficient (Wildman–Crippen LogP) is -0.0385. The fourth-order valence-electron chi connectivity index (χ4n) is 0.925. The number of hydroxylamine groups is 2. The lowest BCUT2D eigenvalue weighted by atomic mass is 10.4. The lowest BCUT2D eigenvalue weighted by Crippen LogP contribution is -2.35. The molecule has 1 fully saturated rings. The fraction of sp³-hybridized carbons (Fsp3) is 0.500. The quantitative estimate of drug-likeness (QED) is 0.613. The average molecular weight is 185 g/mol. The first-order valence-corrected chi connectivity index (χ1v) is 3.90. The molecule has 0 aliphatic carbocycles. The van der Waals surface area contributed by atoms with Gasteiger partial charge in [0.1, 0.15) is 0 Å². The molecule has 1 aliphatic rings. The minimum absolute atomic E-state index is 0.187. The van der Waals surface area contributed by atoms with Crippen LogP contribution < -0.4 is 0 Å². The Balaban J connectivity index is 2.57. The summed E-state index contributed by atoms with van der Waals surface area (Å²) in [6.07, 6.45) is -0.525. The van der Waals surface area contributed by atoms with Gasteiger partial charge in [-0.1, -0.05) is 6.58 Å². The van der Waals surface area contributed by atoms with Crippen LogP contribution >= 0.6 is 0 Å². The number of nitrogens with zero attached hydrogens (tertiary/aromatic N) is 1. The van der Waals surface area contributed by atoms with Crippen LogP contribution in [0, 0.1) is 0 Å². The zero-order valence-electron chi connectivity index (χ0n) is 7.32. The molecule has 13 heavy (non-hydrogen) atoms. The number of aliphatic hydroxyl groups excluding tert-OH is 1. The van der Waals surface area contributed by atoms with E-state index >= 15 is 0 Å². The van der Waals surface area contributed by atoms with Crippen LogP contribution in [0.1, 0.15) is 19.8 Å². The standard InChI is InChI=1S/C8H11NO4/c1-5(2)8(12)13-9-6(10)3-4-7(9)11/h6,10H,1,3-4H2,2H3. The molecule has 5 heteroatoms. The maximum Gasteiger partial charge on any atom is 0.358 e. The van der Waals surface area contributed by atoms with E-state index in [4.69, 9.17) is 0 Å². The molecule has 1 rings (SSSR count). The molecule has 1 aliphatic heterocycles. The Morgan fingerprint density at radius 3 is 2.77 bits per heavy atom. The van der Waals surface area contributed by atoms with E-state index in [-0.39, 0.29) is 17.9 Å². The minimum atomic E-state index is -1.02. The summed E-state index contributed by atoms with van der Waals surface area (Å²) in [7, 11) is 0. The summed E-state index contributed by atoms with van der Waals surface area (Å²) < 4.78 is 0. The molecule has 0 bridgehead atoms. The third kappa shape index (κ3) is 2.06. The first-order chi connectivity index (χ1) is 6.02. The SMILES string of the molecule is C=C(C)C(=O)ON1C(=O)CCC1O. The van der Waals surface area contributed by atoms with Crippen molar-refractivity contribution in [2.24, 2.45) is 0 Å². The van der Waals surface area contributed by atoms with E-state index in [2.05, 4.69) is 11.4 Å². The van der Waals surface area contributed by atoms with Gasteiger partial charge in [-0.25, -0.2) is 4.79 Å². The normalized spacial score (nSPS) is 21.8. The van der Waals surface area contributed by atoms with Crippen LogP contribution in [0.25, 0.3) is 0 Å². The van der Waals surface area contributed by atoms with Crippen molar-refractivity contribution in [3.8, 4) is 0 Å². The minimum Gasteiger partial charge on any atom is -0.370 e. The average Bonchev–Trinajstić information content (AvgIpc) is 2.35. The summed E-state index contributed by atoms with van der Waals surface area (Å²) in [6, 6.07) is 0. The number of amides is 1. The van der Waals surface area contributed by atoms with E-state index in [1.165, 1.54) is 6.92 Å². The Hall–Kier alpha value is -1.36. The van der Waals surface area contributed by atoms with Crippen LogP contribution in [-0.4, -0.2) is 28.3 Å². The van der Waals surface area contributed by atoms with Crippen molar-refractivity contribution in [2.45, 2.75) is 26.0 Å². The molecule has 1 saturated heterocycles. The van der Waals surface area contributed by atoms with E-state index in [0.29, 0.717) is 11.5 Å². The molecule has 1 N–H and O–H groups in total. The molecule has 72 valence electrons. The molecule has 1 unspecified atom stereocenters. The third-order valence-corrected chi connectivity index (χ3v) is 1.66. The monoisotopic (exact) mass is 185 g/mol. The second kappa shape index (κ2) is 3.57. The maximum atomic E-state index is 11.0. The van der Waals surface area contributed by atoms with Crippen LogP contribution in [0.3, 0.4) is 0 Å². The second-order valence-electron chi connectivity index (χ2n) is 2.90. The molecule has 0 saturated carbocycles. The van der Waals surface area contributed by atoms with E-state index in [9.17, 15) is 14.7 Å². The first-order valence-electron chi connectivity index (χ1n) is 3.90. The van der Waals surface area contributed by atoms with E-state index in [1.807, 2.05) is 0 Å². The summed E-state index contributed by atoms with van der Waals surface area (Å²) in [5.74, 6) is -1.09. The van der Waals surface area contributed by atoms with Crippen molar-refractivity contribution in [3.05, 3.63) is 12.2 Å². The van der Waals surface area contributed by atoms with Crippen LogP contribution in [-0.2, 0) is 14.4 Å². The number of hydrogen-bond donors (Lipinski definition) is 1. The van der Waals surface area contributed by atoms with Gasteiger partial charge in [0.2, 0.25) is 0 Å². The second-order valence-corrected chi connectivity index (χ2v) is 2.90. The highest BCUT2D eigenvalue weighted by Gasteiger charge is 2.32. The summed E-state index contributed by atoms with van der Waals surface area (Å²) in [6.45, 7) is 4.82. The smallest absolute Gasteiger partial charge is 0.358 e. The predicted molar refractivity (Wildman–Crippen MR) is 43.0 cm³/mol. The van der Waals surface area contributed by atoms with Gasteiger partial charge in [-0.15, -0.1) is 5.06 Å². The Morgan fingerprint density at radius 1 is 1.77 bits per heavy atom. The molecule has 0 spiro atoms. The Morgan fingerprint density at radius 2 is 2.38 bits per heavy atom. The van der Waals surface area contributed by atoms with Crippen molar-refractivity contribution in [2.75, 3.05) is 0 Å². The number of rotatable bonds is 2. The lowest BCUT2D eigenvalue weighted by molar-refractivity contribution is -0.217. The fourth-order valence-corrected chi connectivity index (χ4v) is 0.925. The van der Waals surface area contributed by atoms with Gasteiger partial charge in [0, 0.05) is 18.4 Å². The van der Waals surface area contributed by atoms with Crippen molar-refractivity contribution >= 4 is 11.9 Å². The number of aliphatic hydroxyl groups is 1. The Kier molecular flexibility index (Phi) is 2.67. The molecule has 1 atom stereocenters. The molecule has 0 aromatic heterocycles. The molecule has 0 aromatic rings. The first kappa shape index (κ1) is 9.73. The molecular formula is C8H11NO4. The lowest BCUT2D eigenvalue weighted by Gasteiger charge is -2.18. The summed E-state index contributed by atoms with van der Waals surface area (Å²) >= 11 is 0. The van der Waals surface area contributed by atoms with Gasteiger partial charge in [-0.05, 0) is 6.92 Å². The van der Waals surface area contributed by atoms with E-state index in [1.54, 1.807) is 0 Å². The highest BCUT2D eigenvalue weighted by Crippen LogP contribution is 2.17. The zero-order chi connectivity index (χ0) is 10.0. The largest absolute Gasteiger partial charge is 0.370 e. The van der Waals surface area contributed by atoms with Crippen molar-refractivity contribution in [1.82, 2.24) is 5.06 Å². The summed E-state index contributed by atoms with van der Waals surface area (Å²) in [4.78, 5) is 26.6. The van der Waals surface area contributed by atoms with Crippen LogP contribution in [0.5, 0.6) is 0 Å². The van der Waals surface area contributed by atoms with E-state index < -0.39 is 12.2 Å². The van der Waals surface area contributed by atoms with Gasteiger partial charge < -0.3 is 9.94 Å². The highest BCUT2D eigenvalue weighted by molar-refractivity contribution is 5.88. The topological polar surface area (TPSA) is 66.8 Å². The molecule has 1 heterocycles. The number of carbonyl (C=O) groups is 2. The summed E-state index contributed by atoms with van der Waals surface area (Å²) in [5, 5.41) is 9.88. The van der Waals surface area contributed by atoms with Crippen LogP contribution in [0.15, 0.2) is 12.2 Å². The number of carbonyl (C=O) groups excluding carboxylic acids is 2. The van der Waals surface area contributed by atoms with Crippen molar-refractivity contribution in [3.63, 3.8) is 0 Å². The van der Waals surface area contributed by atoms with E-state index in [0.717, 1.165) is 0 Å². The molecule has 0 aromatic carbocycles. The van der Waals surface area contributed by atoms with Crippen molar-refractivity contribution < 1.29 is 19.5 Å².